The summed E-state index contributed by atoms with van der Waals surface area (Å²) >= 11 is 0. The normalized spacial score (nSPS) is 18.9. The van der Waals surface area contributed by atoms with Crippen molar-refractivity contribution in [2.24, 2.45) is 18.7 Å². The van der Waals surface area contributed by atoms with Crippen LogP contribution in [0.4, 0.5) is 10.6 Å². The van der Waals surface area contributed by atoms with E-state index >= 15 is 0 Å². The van der Waals surface area contributed by atoms with Crippen molar-refractivity contribution in [1.29, 1.82) is 0 Å². The maximum atomic E-state index is 12.2. The molecule has 7 heteroatoms. The van der Waals surface area contributed by atoms with Crippen molar-refractivity contribution in [3.8, 4) is 0 Å². The number of piperidine rings is 1. The Bertz CT molecular complexity index is 491. The quantitative estimate of drug-likeness (QED) is 0.859. The fraction of sp³-hybridized carbons (Fsp3) is 0.615. The summed E-state index contributed by atoms with van der Waals surface area (Å²) in [6.45, 7) is 3.19. The molecule has 7 nitrogen and oxygen atoms in total. The van der Waals surface area contributed by atoms with E-state index in [0.717, 1.165) is 18.5 Å². The molecule has 0 saturated carbocycles. The van der Waals surface area contributed by atoms with Gasteiger partial charge in [0.25, 0.3) is 0 Å². The number of aryl methyl sites for hydroxylation is 2. The first-order valence-electron chi connectivity index (χ1n) is 6.80. The van der Waals surface area contributed by atoms with E-state index in [4.69, 9.17) is 5.73 Å². The second-order valence-corrected chi connectivity index (χ2v) is 5.35. The molecule has 3 N–H and O–H groups in total. The Kier molecular flexibility index (Phi) is 4.26. The molecular formula is C13H21N5O2. The van der Waals surface area contributed by atoms with E-state index in [1.165, 1.54) is 0 Å². The minimum absolute atomic E-state index is 0.164. The Hall–Kier alpha value is -2.05. The average Bonchev–Trinajstić information content (AvgIpc) is 2.67. The van der Waals surface area contributed by atoms with Crippen LogP contribution in [0.15, 0.2) is 6.07 Å². The lowest BCUT2D eigenvalue weighted by molar-refractivity contribution is -0.119. The first-order chi connectivity index (χ1) is 9.45. The van der Waals surface area contributed by atoms with E-state index in [1.807, 2.05) is 20.0 Å². The van der Waals surface area contributed by atoms with Gasteiger partial charge in [-0.3, -0.25) is 14.8 Å². The van der Waals surface area contributed by atoms with E-state index in [9.17, 15) is 9.59 Å². The number of anilines is 1. The van der Waals surface area contributed by atoms with Gasteiger partial charge in [-0.15, -0.1) is 0 Å². The van der Waals surface area contributed by atoms with Gasteiger partial charge >= 0.3 is 6.03 Å². The molecule has 0 bridgehead atoms. The van der Waals surface area contributed by atoms with Gasteiger partial charge in [-0.05, 0) is 25.7 Å². The van der Waals surface area contributed by atoms with E-state index in [0.29, 0.717) is 25.3 Å². The van der Waals surface area contributed by atoms with Crippen LogP contribution in [0.3, 0.4) is 0 Å². The first kappa shape index (κ1) is 14.4. The van der Waals surface area contributed by atoms with Gasteiger partial charge in [0, 0.05) is 38.3 Å². The zero-order valence-electron chi connectivity index (χ0n) is 11.9. The van der Waals surface area contributed by atoms with E-state index < -0.39 is 0 Å². The summed E-state index contributed by atoms with van der Waals surface area (Å²) in [4.78, 5) is 24.9. The van der Waals surface area contributed by atoms with Gasteiger partial charge in [-0.2, -0.15) is 5.10 Å². The molecule has 1 aromatic rings. The number of amides is 3. The maximum absolute atomic E-state index is 12.2. The van der Waals surface area contributed by atoms with Crippen molar-refractivity contribution in [1.82, 2.24) is 14.7 Å². The molecule has 0 aromatic carbocycles. The third-order valence-electron chi connectivity index (χ3n) is 3.64. The van der Waals surface area contributed by atoms with E-state index in [1.54, 1.807) is 9.58 Å². The summed E-state index contributed by atoms with van der Waals surface area (Å²) in [5, 5.41) is 6.98. The van der Waals surface area contributed by atoms with Gasteiger partial charge in [0.1, 0.15) is 0 Å². The maximum Gasteiger partial charge on any atom is 0.323 e. The Morgan fingerprint density at radius 2 is 2.30 bits per heavy atom. The van der Waals surface area contributed by atoms with Gasteiger partial charge in [0.05, 0.1) is 0 Å². The number of carbonyl (C=O) groups is 2. The standard InChI is InChI=1S/C13H21N5O2/c1-9-6-12(16-17(9)2)15-13(20)18-5-3-4-10(8-18)7-11(14)19/h6,10H,3-5,7-8H2,1-2H3,(H2,14,19)(H,15,16,20). The monoisotopic (exact) mass is 279 g/mol. The van der Waals surface area contributed by atoms with Crippen LogP contribution < -0.4 is 11.1 Å². The topological polar surface area (TPSA) is 93.2 Å². The second kappa shape index (κ2) is 5.94. The molecule has 2 heterocycles. The van der Waals surface area contributed by atoms with Crippen LogP contribution in [0.5, 0.6) is 0 Å². The molecule has 1 saturated heterocycles. The van der Waals surface area contributed by atoms with Crippen molar-refractivity contribution in [3.63, 3.8) is 0 Å². The van der Waals surface area contributed by atoms with Crippen LogP contribution in [0.2, 0.25) is 0 Å². The lowest BCUT2D eigenvalue weighted by Gasteiger charge is -2.32. The Morgan fingerprint density at radius 1 is 1.55 bits per heavy atom. The van der Waals surface area contributed by atoms with Gasteiger partial charge in [0.2, 0.25) is 5.91 Å². The first-order valence-corrected chi connectivity index (χ1v) is 6.80. The van der Waals surface area contributed by atoms with Crippen molar-refractivity contribution < 1.29 is 9.59 Å². The molecular weight excluding hydrogens is 258 g/mol. The highest BCUT2D eigenvalue weighted by Gasteiger charge is 2.25. The summed E-state index contributed by atoms with van der Waals surface area (Å²) in [7, 11) is 1.83. The average molecular weight is 279 g/mol. The van der Waals surface area contributed by atoms with Crippen LogP contribution in [-0.2, 0) is 11.8 Å². The number of urea groups is 1. The Balaban J connectivity index is 1.93. The van der Waals surface area contributed by atoms with Crippen LogP contribution in [0.1, 0.15) is 25.0 Å². The summed E-state index contributed by atoms with van der Waals surface area (Å²) in [6, 6.07) is 1.65. The molecule has 1 unspecified atom stereocenters. The number of hydrogen-bond donors (Lipinski definition) is 2. The minimum Gasteiger partial charge on any atom is -0.370 e. The highest BCUT2D eigenvalue weighted by molar-refractivity contribution is 5.88. The summed E-state index contributed by atoms with van der Waals surface area (Å²) in [5.41, 5.74) is 6.19. The van der Waals surface area contributed by atoms with Crippen molar-refractivity contribution in [2.75, 3.05) is 18.4 Å². The van der Waals surface area contributed by atoms with Crippen LogP contribution in [-0.4, -0.2) is 39.7 Å². The van der Waals surface area contributed by atoms with E-state index in [2.05, 4.69) is 10.4 Å². The largest absolute Gasteiger partial charge is 0.370 e. The molecule has 2 rings (SSSR count). The lowest BCUT2D eigenvalue weighted by Crippen LogP contribution is -2.43. The second-order valence-electron chi connectivity index (χ2n) is 5.35. The lowest BCUT2D eigenvalue weighted by atomic mass is 9.95. The van der Waals surface area contributed by atoms with Crippen LogP contribution in [0.25, 0.3) is 0 Å². The number of nitrogens with two attached hydrogens (primary N) is 1. The molecule has 0 spiro atoms. The third-order valence-corrected chi connectivity index (χ3v) is 3.64. The van der Waals surface area contributed by atoms with Crippen LogP contribution >= 0.6 is 0 Å². The third kappa shape index (κ3) is 3.49. The fourth-order valence-corrected chi connectivity index (χ4v) is 2.51. The predicted octanol–water partition coefficient (Wildman–Crippen LogP) is 0.848. The number of likely N-dealkylation sites (tertiary alicyclic amines) is 1. The molecule has 20 heavy (non-hydrogen) atoms. The molecule has 1 aliphatic rings. The number of rotatable bonds is 3. The van der Waals surface area contributed by atoms with Gasteiger partial charge in [-0.25, -0.2) is 4.79 Å². The predicted molar refractivity (Wildman–Crippen MR) is 75.1 cm³/mol. The Morgan fingerprint density at radius 3 is 2.90 bits per heavy atom. The smallest absolute Gasteiger partial charge is 0.323 e. The zero-order valence-corrected chi connectivity index (χ0v) is 11.9. The molecule has 1 atom stereocenters. The number of nitrogens with zero attached hydrogens (tertiary/aromatic N) is 3. The van der Waals surface area contributed by atoms with Gasteiger partial charge < -0.3 is 10.6 Å². The molecule has 3 amide bonds. The zero-order chi connectivity index (χ0) is 14.7. The fourth-order valence-electron chi connectivity index (χ4n) is 2.51. The SMILES string of the molecule is Cc1cc(NC(=O)N2CCCC(CC(N)=O)C2)nn1C. The molecule has 1 aliphatic heterocycles. The summed E-state index contributed by atoms with van der Waals surface area (Å²) in [5.74, 6) is 0.405. The minimum atomic E-state index is -0.308. The summed E-state index contributed by atoms with van der Waals surface area (Å²) in [6.07, 6.45) is 2.18. The molecule has 1 aromatic heterocycles. The number of aromatic nitrogens is 2. The molecule has 1 fully saturated rings. The van der Waals surface area contributed by atoms with Gasteiger partial charge in [-0.1, -0.05) is 0 Å². The van der Waals surface area contributed by atoms with Crippen molar-refractivity contribution in [2.45, 2.75) is 26.2 Å². The van der Waals surface area contributed by atoms with E-state index in [-0.39, 0.29) is 17.9 Å². The Labute approximate surface area is 118 Å². The number of nitrogens with one attached hydrogen (secondary N) is 1. The molecule has 110 valence electrons. The number of hydrogen-bond acceptors (Lipinski definition) is 3. The number of primary amides is 1. The summed E-state index contributed by atoms with van der Waals surface area (Å²) < 4.78 is 1.71. The highest BCUT2D eigenvalue weighted by atomic mass is 16.2. The number of carbonyl (C=O) groups excluding carboxylic acids is 2. The molecule has 0 aliphatic carbocycles. The highest BCUT2D eigenvalue weighted by Crippen LogP contribution is 2.20. The molecule has 0 radical (unpaired) electrons. The van der Waals surface area contributed by atoms with Gasteiger partial charge in [0.15, 0.2) is 5.82 Å². The van der Waals surface area contributed by atoms with Crippen molar-refractivity contribution >= 4 is 17.8 Å². The van der Waals surface area contributed by atoms with Crippen LogP contribution in [0, 0.1) is 12.8 Å². The van der Waals surface area contributed by atoms with Crippen molar-refractivity contribution in [3.05, 3.63) is 11.8 Å².